The second kappa shape index (κ2) is 6.02. The van der Waals surface area contributed by atoms with Crippen LogP contribution in [0.4, 0.5) is 0 Å². The molecule has 108 valence electrons. The number of halogens is 2. The lowest BCUT2D eigenvalue weighted by Gasteiger charge is -2.37. The maximum atomic E-state index is 12.6. The van der Waals surface area contributed by atoms with Gasteiger partial charge in [0.1, 0.15) is 6.04 Å². The molecule has 1 saturated heterocycles. The number of amides is 2. The fourth-order valence-corrected chi connectivity index (χ4v) is 2.88. The number of piperazine rings is 1. The van der Waals surface area contributed by atoms with Crippen molar-refractivity contribution in [3.05, 3.63) is 33.8 Å². The molecule has 2 rings (SSSR count). The number of carbonyl (C=O) groups is 2. The zero-order valence-electron chi connectivity index (χ0n) is 11.3. The van der Waals surface area contributed by atoms with E-state index in [2.05, 4.69) is 5.32 Å². The van der Waals surface area contributed by atoms with Crippen LogP contribution < -0.4 is 5.32 Å². The van der Waals surface area contributed by atoms with Gasteiger partial charge in [0.25, 0.3) is 5.91 Å². The van der Waals surface area contributed by atoms with Gasteiger partial charge in [-0.1, -0.05) is 37.0 Å². The van der Waals surface area contributed by atoms with E-state index in [1.807, 2.05) is 13.8 Å². The highest BCUT2D eigenvalue weighted by molar-refractivity contribution is 6.36. The summed E-state index contributed by atoms with van der Waals surface area (Å²) in [6.45, 7) is 4.77. The molecule has 0 spiro atoms. The van der Waals surface area contributed by atoms with E-state index in [4.69, 9.17) is 23.2 Å². The normalized spacial score (nSPS) is 19.1. The molecule has 1 aromatic carbocycles. The van der Waals surface area contributed by atoms with E-state index >= 15 is 0 Å². The first-order valence-corrected chi connectivity index (χ1v) is 7.21. The first-order chi connectivity index (χ1) is 9.41. The van der Waals surface area contributed by atoms with Crippen molar-refractivity contribution in [1.82, 2.24) is 10.2 Å². The Morgan fingerprint density at radius 3 is 2.70 bits per heavy atom. The monoisotopic (exact) mass is 314 g/mol. The van der Waals surface area contributed by atoms with Gasteiger partial charge >= 0.3 is 0 Å². The highest BCUT2D eigenvalue weighted by Crippen LogP contribution is 2.24. The molecule has 0 aromatic heterocycles. The maximum absolute atomic E-state index is 12.6. The Bertz CT molecular complexity index is 546. The van der Waals surface area contributed by atoms with Gasteiger partial charge in [-0.2, -0.15) is 0 Å². The third-order valence-corrected chi connectivity index (χ3v) is 3.86. The van der Waals surface area contributed by atoms with E-state index in [9.17, 15) is 9.59 Å². The van der Waals surface area contributed by atoms with Crippen molar-refractivity contribution >= 4 is 35.0 Å². The van der Waals surface area contributed by atoms with Crippen LogP contribution in [0, 0.1) is 5.92 Å². The van der Waals surface area contributed by atoms with Crippen molar-refractivity contribution < 1.29 is 9.59 Å². The summed E-state index contributed by atoms with van der Waals surface area (Å²) in [5.74, 6) is -0.324. The summed E-state index contributed by atoms with van der Waals surface area (Å²) in [5.41, 5.74) is 0.372. The van der Waals surface area contributed by atoms with Crippen LogP contribution in [0.25, 0.3) is 0 Å². The smallest absolute Gasteiger partial charge is 0.256 e. The largest absolute Gasteiger partial charge is 0.353 e. The molecule has 1 aliphatic rings. The number of nitrogens with one attached hydrogen (secondary N) is 1. The van der Waals surface area contributed by atoms with Gasteiger partial charge in [0.2, 0.25) is 5.91 Å². The molecule has 1 unspecified atom stereocenters. The lowest BCUT2D eigenvalue weighted by molar-refractivity contribution is -0.129. The summed E-state index contributed by atoms with van der Waals surface area (Å²) >= 11 is 11.9. The van der Waals surface area contributed by atoms with Gasteiger partial charge in [-0.3, -0.25) is 9.59 Å². The molecule has 1 aromatic rings. The number of hydrogen-bond acceptors (Lipinski definition) is 2. The number of hydrogen-bond donors (Lipinski definition) is 1. The predicted molar refractivity (Wildman–Crippen MR) is 79.1 cm³/mol. The number of nitrogens with zero attached hydrogens (tertiary/aromatic N) is 1. The topological polar surface area (TPSA) is 49.4 Å². The Kier molecular flexibility index (Phi) is 4.55. The summed E-state index contributed by atoms with van der Waals surface area (Å²) < 4.78 is 0. The highest BCUT2D eigenvalue weighted by atomic mass is 35.5. The summed E-state index contributed by atoms with van der Waals surface area (Å²) in [6, 6.07) is 4.28. The lowest BCUT2D eigenvalue weighted by atomic mass is 9.98. The van der Waals surface area contributed by atoms with Crippen LogP contribution in [-0.2, 0) is 4.79 Å². The molecule has 6 heteroatoms. The quantitative estimate of drug-likeness (QED) is 0.912. The van der Waals surface area contributed by atoms with Crippen molar-refractivity contribution in [1.29, 1.82) is 0 Å². The van der Waals surface area contributed by atoms with Crippen LogP contribution in [0.3, 0.4) is 0 Å². The average molecular weight is 315 g/mol. The van der Waals surface area contributed by atoms with Gasteiger partial charge in [0.05, 0.1) is 10.6 Å². The van der Waals surface area contributed by atoms with Crippen molar-refractivity contribution in [3.8, 4) is 0 Å². The second-order valence-corrected chi connectivity index (χ2v) is 5.95. The summed E-state index contributed by atoms with van der Waals surface area (Å²) in [7, 11) is 0. The molecule has 4 nitrogen and oxygen atoms in total. The van der Waals surface area contributed by atoms with Gasteiger partial charge in [-0.15, -0.1) is 0 Å². The molecule has 20 heavy (non-hydrogen) atoms. The number of rotatable bonds is 2. The standard InChI is InChI=1S/C14H16Cl2N2O2/c1-8(2)12-13(19)17-5-6-18(12)14(20)10-4-3-9(15)7-11(10)16/h3-4,7-8,12H,5-6H2,1-2H3,(H,17,19). The number of benzene rings is 1. The Labute approximate surface area is 128 Å². The Balaban J connectivity index is 2.33. The van der Waals surface area contributed by atoms with Crippen LogP contribution in [0.1, 0.15) is 24.2 Å². The molecule has 1 heterocycles. The van der Waals surface area contributed by atoms with Crippen LogP contribution >= 0.6 is 23.2 Å². The van der Waals surface area contributed by atoms with E-state index in [-0.39, 0.29) is 17.7 Å². The van der Waals surface area contributed by atoms with Gasteiger partial charge in [-0.05, 0) is 24.1 Å². The van der Waals surface area contributed by atoms with Gasteiger partial charge in [0, 0.05) is 18.1 Å². The molecule has 1 aliphatic heterocycles. The van der Waals surface area contributed by atoms with Crippen LogP contribution in [-0.4, -0.2) is 35.8 Å². The molecule has 1 N–H and O–H groups in total. The molecule has 0 radical (unpaired) electrons. The maximum Gasteiger partial charge on any atom is 0.256 e. The van der Waals surface area contributed by atoms with Gasteiger partial charge < -0.3 is 10.2 Å². The predicted octanol–water partition coefficient (Wildman–Crippen LogP) is 2.59. The molecular formula is C14H16Cl2N2O2. The van der Waals surface area contributed by atoms with Crippen LogP contribution in [0.5, 0.6) is 0 Å². The second-order valence-electron chi connectivity index (χ2n) is 5.10. The fourth-order valence-electron chi connectivity index (χ4n) is 2.39. The zero-order valence-corrected chi connectivity index (χ0v) is 12.8. The van der Waals surface area contributed by atoms with E-state index in [0.717, 1.165) is 0 Å². The SMILES string of the molecule is CC(C)C1C(=O)NCCN1C(=O)c1ccc(Cl)cc1Cl. The summed E-state index contributed by atoms with van der Waals surface area (Å²) in [6.07, 6.45) is 0. The number of carbonyl (C=O) groups excluding carboxylic acids is 2. The van der Waals surface area contributed by atoms with Crippen molar-refractivity contribution in [2.45, 2.75) is 19.9 Å². The van der Waals surface area contributed by atoms with Gasteiger partial charge in [-0.25, -0.2) is 0 Å². The third-order valence-electron chi connectivity index (χ3n) is 3.31. The Morgan fingerprint density at radius 2 is 2.10 bits per heavy atom. The van der Waals surface area contributed by atoms with Crippen molar-refractivity contribution in [3.63, 3.8) is 0 Å². The van der Waals surface area contributed by atoms with E-state index in [0.29, 0.717) is 28.7 Å². The van der Waals surface area contributed by atoms with Gasteiger partial charge in [0.15, 0.2) is 0 Å². The van der Waals surface area contributed by atoms with E-state index in [1.165, 1.54) is 6.07 Å². The first kappa shape index (κ1) is 15.1. The van der Waals surface area contributed by atoms with E-state index < -0.39 is 6.04 Å². The Morgan fingerprint density at radius 1 is 1.40 bits per heavy atom. The average Bonchev–Trinajstić information content (AvgIpc) is 2.37. The molecule has 0 aliphatic carbocycles. The molecular weight excluding hydrogens is 299 g/mol. The lowest BCUT2D eigenvalue weighted by Crippen LogP contribution is -2.59. The Hall–Kier alpha value is -1.26. The first-order valence-electron chi connectivity index (χ1n) is 6.45. The molecule has 2 amide bonds. The molecule has 0 bridgehead atoms. The van der Waals surface area contributed by atoms with E-state index in [1.54, 1.807) is 17.0 Å². The minimum absolute atomic E-state index is 0.0327. The molecule has 0 saturated carbocycles. The zero-order chi connectivity index (χ0) is 14.9. The van der Waals surface area contributed by atoms with Crippen LogP contribution in [0.15, 0.2) is 18.2 Å². The fraction of sp³-hybridized carbons (Fsp3) is 0.429. The highest BCUT2D eigenvalue weighted by Gasteiger charge is 2.36. The summed E-state index contributed by atoms with van der Waals surface area (Å²) in [5, 5.41) is 3.56. The molecule has 1 atom stereocenters. The molecule has 1 fully saturated rings. The van der Waals surface area contributed by atoms with Crippen LogP contribution in [0.2, 0.25) is 10.0 Å². The minimum atomic E-state index is -0.469. The summed E-state index contributed by atoms with van der Waals surface area (Å²) in [4.78, 5) is 26.2. The minimum Gasteiger partial charge on any atom is -0.353 e. The van der Waals surface area contributed by atoms with Crippen molar-refractivity contribution in [2.24, 2.45) is 5.92 Å². The third kappa shape index (κ3) is 2.91. The van der Waals surface area contributed by atoms with Crippen molar-refractivity contribution in [2.75, 3.05) is 13.1 Å².